The van der Waals surface area contributed by atoms with Crippen LogP contribution in [0.2, 0.25) is 5.02 Å². The molecule has 230 valence electrons. The van der Waals surface area contributed by atoms with Crippen molar-refractivity contribution in [2.75, 3.05) is 31.7 Å². The van der Waals surface area contributed by atoms with Gasteiger partial charge in [0.2, 0.25) is 0 Å². The molecule has 0 unspecified atom stereocenters. The molecular weight excluding hydrogens is 606 g/mol. The zero-order valence-electron chi connectivity index (χ0n) is 24.4. The Balaban J connectivity index is 1.50. The largest absolute Gasteiger partial charge is 0.493 e. The van der Waals surface area contributed by atoms with Gasteiger partial charge in [0.15, 0.2) is 23.0 Å². The number of nitrogens with one attached hydrogen (secondary N) is 1. The number of carbonyl (C=O) groups is 1. The van der Waals surface area contributed by atoms with Crippen LogP contribution in [0.25, 0.3) is 0 Å². The van der Waals surface area contributed by atoms with E-state index in [1.165, 1.54) is 44.7 Å². The van der Waals surface area contributed by atoms with E-state index in [-0.39, 0.29) is 10.6 Å². The van der Waals surface area contributed by atoms with Gasteiger partial charge in [-0.3, -0.25) is 9.10 Å². The van der Waals surface area contributed by atoms with E-state index in [0.29, 0.717) is 46.8 Å². The lowest BCUT2D eigenvalue weighted by Crippen LogP contribution is -2.39. The lowest BCUT2D eigenvalue weighted by molar-refractivity contribution is -0.119. The summed E-state index contributed by atoms with van der Waals surface area (Å²) in [7, 11) is -1.22. The van der Waals surface area contributed by atoms with Crippen LogP contribution in [0.5, 0.6) is 23.0 Å². The molecule has 1 amide bonds. The Kier molecular flexibility index (Phi) is 11.1. The van der Waals surface area contributed by atoms with Crippen molar-refractivity contribution < 1.29 is 32.2 Å². The molecule has 0 aliphatic carbocycles. The Morgan fingerprint density at radius 3 is 2.32 bits per heavy atom. The van der Waals surface area contributed by atoms with E-state index in [0.717, 1.165) is 9.87 Å². The summed E-state index contributed by atoms with van der Waals surface area (Å²) in [5, 5.41) is 4.66. The Morgan fingerprint density at radius 2 is 1.61 bits per heavy atom. The highest BCUT2D eigenvalue weighted by molar-refractivity contribution is 7.92. The fraction of sp³-hybridized carbons (Fsp3) is 0.188. The minimum atomic E-state index is -4.13. The van der Waals surface area contributed by atoms with E-state index in [1.54, 1.807) is 48.5 Å². The molecule has 4 aromatic rings. The van der Waals surface area contributed by atoms with E-state index in [4.69, 9.17) is 30.5 Å². The highest BCUT2D eigenvalue weighted by Crippen LogP contribution is 2.34. The molecule has 0 fully saturated rings. The molecule has 0 radical (unpaired) electrons. The van der Waals surface area contributed by atoms with Crippen molar-refractivity contribution in [3.05, 3.63) is 107 Å². The Hall–Kier alpha value is -4.74. The predicted octanol–water partition coefficient (Wildman–Crippen LogP) is 5.68. The quantitative estimate of drug-likeness (QED) is 0.140. The first kappa shape index (κ1) is 32.2. The van der Waals surface area contributed by atoms with Gasteiger partial charge in [-0.05, 0) is 72.6 Å². The number of nitrogens with zero attached hydrogens (tertiary/aromatic N) is 2. The molecule has 12 heteroatoms. The zero-order chi connectivity index (χ0) is 31.5. The molecule has 0 bridgehead atoms. The van der Waals surface area contributed by atoms with Gasteiger partial charge in [0, 0.05) is 11.1 Å². The van der Waals surface area contributed by atoms with E-state index < -0.39 is 22.5 Å². The monoisotopic (exact) mass is 637 g/mol. The van der Waals surface area contributed by atoms with Crippen LogP contribution in [0.1, 0.15) is 18.1 Å². The Morgan fingerprint density at radius 1 is 0.864 bits per heavy atom. The second-order valence-corrected chi connectivity index (χ2v) is 11.5. The third-order valence-corrected chi connectivity index (χ3v) is 8.25. The van der Waals surface area contributed by atoms with Crippen LogP contribution in [0.3, 0.4) is 0 Å². The first-order valence-electron chi connectivity index (χ1n) is 13.5. The molecular formula is C32H32ClN3O7S. The van der Waals surface area contributed by atoms with Gasteiger partial charge in [-0.2, -0.15) is 5.10 Å². The highest BCUT2D eigenvalue weighted by atomic mass is 35.5. The lowest BCUT2D eigenvalue weighted by Gasteiger charge is -2.24. The SMILES string of the molecule is CCOc1cc(/C=N\NC(=O)CN(c2ccc(OC)c(OC)c2)S(=O)(=O)c2ccccc2)ccc1OCc1cccc(Cl)c1. The number of hydrazone groups is 1. The van der Waals surface area contributed by atoms with Crippen LogP contribution >= 0.6 is 11.6 Å². The standard InChI is InChI=1S/C32H32ClN3O7S/c1-4-42-31-18-23(13-15-29(31)43-22-24-9-8-10-25(33)17-24)20-34-35-32(37)21-36(44(38,39)27-11-6-5-7-12-27)26-14-16-28(40-2)30(19-26)41-3/h5-20H,4,21-22H2,1-3H3,(H,35,37)/b34-20-. The molecule has 0 heterocycles. The van der Waals surface area contributed by atoms with Crippen molar-refractivity contribution in [2.24, 2.45) is 5.10 Å². The summed E-state index contributed by atoms with van der Waals surface area (Å²) in [6.07, 6.45) is 1.42. The van der Waals surface area contributed by atoms with Gasteiger partial charge in [-0.25, -0.2) is 13.8 Å². The summed E-state index contributed by atoms with van der Waals surface area (Å²) < 4.78 is 50.5. The minimum absolute atomic E-state index is 0.0206. The minimum Gasteiger partial charge on any atom is -0.493 e. The van der Waals surface area contributed by atoms with Gasteiger partial charge in [0.05, 0.1) is 37.6 Å². The van der Waals surface area contributed by atoms with Gasteiger partial charge in [0.25, 0.3) is 15.9 Å². The summed E-state index contributed by atoms with van der Waals surface area (Å²) in [5.74, 6) is 1.08. The van der Waals surface area contributed by atoms with Crippen molar-refractivity contribution >= 4 is 39.4 Å². The van der Waals surface area contributed by atoms with Gasteiger partial charge in [-0.15, -0.1) is 0 Å². The van der Waals surface area contributed by atoms with E-state index in [1.807, 2.05) is 25.1 Å². The normalized spacial score (nSPS) is 11.2. The number of benzene rings is 4. The fourth-order valence-electron chi connectivity index (χ4n) is 4.14. The summed E-state index contributed by atoms with van der Waals surface area (Å²) in [6.45, 7) is 2.01. The average molecular weight is 638 g/mol. The summed E-state index contributed by atoms with van der Waals surface area (Å²) in [6, 6.07) is 25.0. The van der Waals surface area contributed by atoms with Crippen molar-refractivity contribution in [3.8, 4) is 23.0 Å². The van der Waals surface area contributed by atoms with Crippen LogP contribution in [0.4, 0.5) is 5.69 Å². The number of halogens is 1. The van der Waals surface area contributed by atoms with Gasteiger partial charge >= 0.3 is 0 Å². The maximum Gasteiger partial charge on any atom is 0.264 e. The van der Waals surface area contributed by atoms with Crippen LogP contribution in [-0.2, 0) is 21.4 Å². The van der Waals surface area contributed by atoms with E-state index >= 15 is 0 Å². The first-order valence-corrected chi connectivity index (χ1v) is 15.3. The molecule has 0 aliphatic rings. The number of anilines is 1. The third-order valence-electron chi connectivity index (χ3n) is 6.23. The first-order chi connectivity index (χ1) is 21.2. The van der Waals surface area contributed by atoms with Crippen LogP contribution in [-0.4, -0.2) is 47.9 Å². The molecule has 0 atom stereocenters. The van der Waals surface area contributed by atoms with Crippen LogP contribution < -0.4 is 28.7 Å². The molecule has 44 heavy (non-hydrogen) atoms. The second kappa shape index (κ2) is 15.1. The number of ether oxygens (including phenoxy) is 4. The Bertz CT molecular complexity index is 1720. The summed E-state index contributed by atoms with van der Waals surface area (Å²) in [4.78, 5) is 13.0. The number of rotatable bonds is 14. The molecule has 0 saturated heterocycles. The number of hydrogen-bond acceptors (Lipinski definition) is 8. The fourth-order valence-corrected chi connectivity index (χ4v) is 5.79. The molecule has 0 aliphatic heterocycles. The van der Waals surface area contributed by atoms with Crippen molar-refractivity contribution in [3.63, 3.8) is 0 Å². The van der Waals surface area contributed by atoms with Crippen molar-refractivity contribution in [1.29, 1.82) is 0 Å². The second-order valence-electron chi connectivity index (χ2n) is 9.21. The van der Waals surface area contributed by atoms with E-state index in [2.05, 4.69) is 10.5 Å². The lowest BCUT2D eigenvalue weighted by atomic mass is 10.2. The molecule has 4 aromatic carbocycles. The number of amides is 1. The topological polar surface area (TPSA) is 116 Å². The third kappa shape index (κ3) is 8.21. The van der Waals surface area contributed by atoms with Gasteiger partial charge in [-0.1, -0.05) is 41.9 Å². The molecule has 4 rings (SSSR count). The number of carbonyl (C=O) groups excluding carboxylic acids is 1. The number of sulfonamides is 1. The average Bonchev–Trinajstić information content (AvgIpc) is 3.03. The smallest absolute Gasteiger partial charge is 0.264 e. The zero-order valence-corrected chi connectivity index (χ0v) is 26.0. The van der Waals surface area contributed by atoms with Crippen molar-refractivity contribution in [2.45, 2.75) is 18.4 Å². The van der Waals surface area contributed by atoms with Gasteiger partial charge < -0.3 is 18.9 Å². The maximum atomic E-state index is 13.6. The molecule has 0 aromatic heterocycles. The van der Waals surface area contributed by atoms with Crippen LogP contribution in [0, 0.1) is 0 Å². The highest BCUT2D eigenvalue weighted by Gasteiger charge is 2.28. The van der Waals surface area contributed by atoms with Gasteiger partial charge in [0.1, 0.15) is 13.2 Å². The summed E-state index contributed by atoms with van der Waals surface area (Å²) >= 11 is 6.06. The maximum absolute atomic E-state index is 13.6. The number of methoxy groups -OCH3 is 2. The molecule has 0 spiro atoms. The number of hydrogen-bond donors (Lipinski definition) is 1. The molecule has 10 nitrogen and oxygen atoms in total. The molecule has 0 saturated carbocycles. The predicted molar refractivity (Wildman–Crippen MR) is 170 cm³/mol. The molecule has 1 N–H and O–H groups in total. The Labute approximate surface area is 261 Å². The van der Waals surface area contributed by atoms with E-state index in [9.17, 15) is 13.2 Å². The summed E-state index contributed by atoms with van der Waals surface area (Å²) in [5.41, 5.74) is 4.15. The van der Waals surface area contributed by atoms with Crippen molar-refractivity contribution in [1.82, 2.24) is 5.43 Å². The van der Waals surface area contributed by atoms with Crippen LogP contribution in [0.15, 0.2) is 101 Å².